The topological polar surface area (TPSA) is 98.7 Å². The Morgan fingerprint density at radius 3 is 2.35 bits per heavy atom. The molecule has 1 fully saturated rings. The standard InChI is InChI=1S/C27H31N3O4/c1-3-20(17-11-6-4-7-12-17)28-22-23(26(33)25(22)32)29-21-16-10-15-19(24(21)31)27(34)30(2)18-13-8-5-9-14-18/h4,6-7,10-12,15-16,18,20,28-29,31H,3,5,8-9,13-14H2,1-2H3/t20-/m1/s1. The summed E-state index contributed by atoms with van der Waals surface area (Å²) in [7, 11) is 1.77. The third-order valence-electron chi connectivity index (χ3n) is 6.81. The first-order valence-corrected chi connectivity index (χ1v) is 11.9. The van der Waals surface area contributed by atoms with Gasteiger partial charge in [-0.2, -0.15) is 0 Å². The number of carbonyl (C=O) groups is 1. The Morgan fingerprint density at radius 2 is 1.68 bits per heavy atom. The Bertz CT molecular complexity index is 1220. The van der Waals surface area contributed by atoms with Gasteiger partial charge in [0.1, 0.15) is 11.4 Å². The van der Waals surface area contributed by atoms with E-state index < -0.39 is 10.9 Å². The normalized spacial score (nSPS) is 15.1. The fourth-order valence-electron chi connectivity index (χ4n) is 4.71. The number of rotatable bonds is 8. The summed E-state index contributed by atoms with van der Waals surface area (Å²) >= 11 is 0. The number of nitrogens with zero attached hydrogens (tertiary/aromatic N) is 1. The smallest absolute Gasteiger partial charge is 0.257 e. The number of benzene rings is 2. The Labute approximate surface area is 199 Å². The van der Waals surface area contributed by atoms with Gasteiger partial charge in [-0.05, 0) is 37.0 Å². The highest BCUT2D eigenvalue weighted by molar-refractivity contribution is 5.99. The highest BCUT2D eigenvalue weighted by Crippen LogP contribution is 2.34. The van der Waals surface area contributed by atoms with E-state index in [1.165, 1.54) is 6.42 Å². The molecule has 0 heterocycles. The van der Waals surface area contributed by atoms with Crippen molar-refractivity contribution in [2.75, 3.05) is 17.7 Å². The molecule has 0 radical (unpaired) electrons. The van der Waals surface area contributed by atoms with E-state index in [9.17, 15) is 19.5 Å². The Kier molecular flexibility index (Phi) is 7.01. The molecule has 0 unspecified atom stereocenters. The summed E-state index contributed by atoms with van der Waals surface area (Å²) in [6.45, 7) is 1.99. The molecule has 0 saturated heterocycles. The molecule has 4 rings (SSSR count). The predicted octanol–water partition coefficient (Wildman–Crippen LogP) is 4.70. The molecule has 1 amide bonds. The molecule has 0 bridgehead atoms. The zero-order chi connectivity index (χ0) is 24.2. The van der Waals surface area contributed by atoms with Crippen LogP contribution in [0.4, 0.5) is 17.1 Å². The average Bonchev–Trinajstić information content (AvgIpc) is 2.89. The minimum Gasteiger partial charge on any atom is -0.505 e. The number of aromatic hydroxyl groups is 1. The van der Waals surface area contributed by atoms with Crippen molar-refractivity contribution < 1.29 is 9.90 Å². The summed E-state index contributed by atoms with van der Waals surface area (Å²) in [5.41, 5.74) is 0.426. The maximum atomic E-state index is 13.1. The molecule has 34 heavy (non-hydrogen) atoms. The fraction of sp³-hybridized carbons (Fsp3) is 0.370. The molecule has 0 spiro atoms. The molecule has 0 aliphatic heterocycles. The van der Waals surface area contributed by atoms with Crippen molar-refractivity contribution in [2.45, 2.75) is 57.5 Å². The lowest BCUT2D eigenvalue weighted by atomic mass is 9.94. The van der Waals surface area contributed by atoms with Gasteiger partial charge in [-0.1, -0.05) is 62.6 Å². The summed E-state index contributed by atoms with van der Waals surface area (Å²) in [6.07, 6.45) is 6.00. The van der Waals surface area contributed by atoms with Gasteiger partial charge in [-0.3, -0.25) is 14.4 Å². The van der Waals surface area contributed by atoms with Gasteiger partial charge in [0.25, 0.3) is 16.8 Å². The minimum atomic E-state index is -0.652. The third-order valence-corrected chi connectivity index (χ3v) is 6.81. The Hall–Kier alpha value is -3.61. The number of nitrogens with one attached hydrogen (secondary N) is 2. The summed E-state index contributed by atoms with van der Waals surface area (Å²) in [5, 5.41) is 16.9. The van der Waals surface area contributed by atoms with Crippen LogP contribution in [-0.2, 0) is 0 Å². The predicted molar refractivity (Wildman–Crippen MR) is 135 cm³/mol. The lowest BCUT2D eigenvalue weighted by Gasteiger charge is -2.31. The monoisotopic (exact) mass is 461 g/mol. The quantitative estimate of drug-likeness (QED) is 0.332. The second kappa shape index (κ2) is 10.1. The van der Waals surface area contributed by atoms with E-state index >= 15 is 0 Å². The SMILES string of the molecule is CC[C@@H](Nc1c(Nc2cccc(C(=O)N(C)C3CCCCC3)c2O)c(=O)c1=O)c1ccccc1. The molecule has 3 aromatic rings. The van der Waals surface area contributed by atoms with Gasteiger partial charge in [-0.15, -0.1) is 0 Å². The lowest BCUT2D eigenvalue weighted by Crippen LogP contribution is -2.38. The van der Waals surface area contributed by atoms with Crippen LogP contribution in [0.1, 0.15) is 67.4 Å². The molecule has 0 aromatic heterocycles. The van der Waals surface area contributed by atoms with Crippen molar-refractivity contribution in [3.8, 4) is 5.75 Å². The number of hydrogen-bond donors (Lipinski definition) is 3. The molecule has 7 nitrogen and oxygen atoms in total. The van der Waals surface area contributed by atoms with Crippen LogP contribution in [-0.4, -0.2) is 29.0 Å². The molecule has 3 N–H and O–H groups in total. The first-order valence-electron chi connectivity index (χ1n) is 11.9. The Morgan fingerprint density at radius 1 is 1.00 bits per heavy atom. The fourth-order valence-corrected chi connectivity index (χ4v) is 4.71. The molecular weight excluding hydrogens is 430 g/mol. The number of phenolic OH excluding ortho intramolecular Hbond substituents is 1. The van der Waals surface area contributed by atoms with Crippen LogP contribution in [0.2, 0.25) is 0 Å². The summed E-state index contributed by atoms with van der Waals surface area (Å²) < 4.78 is 0. The maximum Gasteiger partial charge on any atom is 0.257 e. The van der Waals surface area contributed by atoms with Crippen molar-refractivity contribution >= 4 is 23.0 Å². The number of amides is 1. The summed E-state index contributed by atoms with van der Waals surface area (Å²) in [6, 6.07) is 14.5. The number of anilines is 3. The summed E-state index contributed by atoms with van der Waals surface area (Å²) in [4.78, 5) is 39.5. The van der Waals surface area contributed by atoms with Gasteiger partial charge in [0.2, 0.25) is 0 Å². The molecule has 7 heteroatoms. The zero-order valence-corrected chi connectivity index (χ0v) is 19.6. The molecule has 1 atom stereocenters. The van der Waals surface area contributed by atoms with Gasteiger partial charge in [0.05, 0.1) is 17.3 Å². The molecule has 1 aliphatic carbocycles. The van der Waals surface area contributed by atoms with Crippen LogP contribution in [0.25, 0.3) is 0 Å². The molecule has 178 valence electrons. The molecule has 1 aliphatic rings. The van der Waals surface area contributed by atoms with E-state index in [1.54, 1.807) is 30.1 Å². The van der Waals surface area contributed by atoms with Crippen LogP contribution in [0.3, 0.4) is 0 Å². The second-order valence-corrected chi connectivity index (χ2v) is 8.96. The van der Waals surface area contributed by atoms with E-state index in [4.69, 9.17) is 0 Å². The van der Waals surface area contributed by atoms with Gasteiger partial charge in [0, 0.05) is 13.1 Å². The van der Waals surface area contributed by atoms with Crippen LogP contribution in [0.15, 0.2) is 58.1 Å². The van der Waals surface area contributed by atoms with Gasteiger partial charge >= 0.3 is 0 Å². The molecular formula is C27H31N3O4. The number of para-hydroxylation sites is 1. The summed E-state index contributed by atoms with van der Waals surface area (Å²) in [5.74, 6) is -0.490. The number of phenols is 1. The van der Waals surface area contributed by atoms with E-state index in [0.29, 0.717) is 6.42 Å². The highest BCUT2D eigenvalue weighted by Gasteiger charge is 2.27. The molecule has 1 saturated carbocycles. The van der Waals surface area contributed by atoms with Crippen molar-refractivity contribution in [3.05, 3.63) is 80.1 Å². The average molecular weight is 462 g/mol. The van der Waals surface area contributed by atoms with Crippen molar-refractivity contribution in [1.82, 2.24) is 4.90 Å². The van der Waals surface area contributed by atoms with Crippen LogP contribution < -0.4 is 21.5 Å². The van der Waals surface area contributed by atoms with E-state index in [0.717, 1.165) is 31.2 Å². The van der Waals surface area contributed by atoms with Gasteiger partial charge in [-0.25, -0.2) is 0 Å². The van der Waals surface area contributed by atoms with Crippen LogP contribution in [0.5, 0.6) is 5.75 Å². The van der Waals surface area contributed by atoms with Crippen molar-refractivity contribution in [1.29, 1.82) is 0 Å². The first kappa shape index (κ1) is 23.5. The van der Waals surface area contributed by atoms with Crippen LogP contribution >= 0.6 is 0 Å². The Balaban J connectivity index is 1.56. The number of hydrogen-bond acceptors (Lipinski definition) is 6. The van der Waals surface area contributed by atoms with E-state index in [1.807, 2.05) is 37.3 Å². The van der Waals surface area contributed by atoms with Gasteiger partial charge < -0.3 is 20.6 Å². The van der Waals surface area contributed by atoms with Crippen LogP contribution in [0, 0.1) is 0 Å². The number of carbonyl (C=O) groups excluding carboxylic acids is 1. The minimum absolute atomic E-state index is 0.0971. The third kappa shape index (κ3) is 4.55. The second-order valence-electron chi connectivity index (χ2n) is 8.96. The lowest BCUT2D eigenvalue weighted by molar-refractivity contribution is 0.0693. The zero-order valence-electron chi connectivity index (χ0n) is 19.6. The first-order chi connectivity index (χ1) is 16.4. The van der Waals surface area contributed by atoms with E-state index in [-0.39, 0.29) is 46.4 Å². The maximum absolute atomic E-state index is 13.1. The van der Waals surface area contributed by atoms with Crippen molar-refractivity contribution in [3.63, 3.8) is 0 Å². The highest BCUT2D eigenvalue weighted by atomic mass is 16.3. The van der Waals surface area contributed by atoms with E-state index in [2.05, 4.69) is 10.6 Å². The largest absolute Gasteiger partial charge is 0.505 e. The van der Waals surface area contributed by atoms with Crippen molar-refractivity contribution in [2.24, 2.45) is 0 Å². The van der Waals surface area contributed by atoms with Gasteiger partial charge in [0.15, 0.2) is 5.75 Å². The molecule has 3 aromatic carbocycles.